The third-order valence-electron chi connectivity index (χ3n) is 3.98. The van der Waals surface area contributed by atoms with Gasteiger partial charge in [0, 0.05) is 19.0 Å². The molecule has 3 heteroatoms. The zero-order chi connectivity index (χ0) is 12.0. The zero-order valence-electron chi connectivity index (χ0n) is 10.7. The number of hydrogen-bond acceptors (Lipinski definition) is 2. The highest BCUT2D eigenvalue weighted by molar-refractivity contribution is 5.78. The van der Waals surface area contributed by atoms with Gasteiger partial charge in [0.05, 0.1) is 0 Å². The van der Waals surface area contributed by atoms with Crippen molar-refractivity contribution in [3.05, 3.63) is 0 Å². The highest BCUT2D eigenvalue weighted by Gasteiger charge is 2.22. The van der Waals surface area contributed by atoms with Crippen molar-refractivity contribution >= 4 is 5.91 Å². The van der Waals surface area contributed by atoms with E-state index in [9.17, 15) is 4.79 Å². The van der Waals surface area contributed by atoms with Crippen LogP contribution in [0.5, 0.6) is 0 Å². The molecule has 0 aromatic carbocycles. The van der Waals surface area contributed by atoms with Crippen LogP contribution in [0.3, 0.4) is 0 Å². The lowest BCUT2D eigenvalue weighted by atomic mass is 9.80. The van der Waals surface area contributed by atoms with Crippen LogP contribution in [0.15, 0.2) is 0 Å². The standard InChI is InChI=1S/C13H26N2O/c1-3-11(8-14)13(16)15-9-12-7-5-4-6-10(12)2/h10-12H,3-9,14H2,1-2H3,(H,15,16). The first-order valence-corrected chi connectivity index (χ1v) is 6.66. The van der Waals surface area contributed by atoms with Crippen LogP contribution >= 0.6 is 0 Å². The lowest BCUT2D eigenvalue weighted by molar-refractivity contribution is -0.125. The fraction of sp³-hybridized carbons (Fsp3) is 0.923. The number of nitrogens with one attached hydrogen (secondary N) is 1. The van der Waals surface area contributed by atoms with Crippen LogP contribution in [-0.2, 0) is 4.79 Å². The number of amides is 1. The van der Waals surface area contributed by atoms with Gasteiger partial charge in [-0.1, -0.05) is 33.1 Å². The highest BCUT2D eigenvalue weighted by atomic mass is 16.1. The average molecular weight is 226 g/mol. The van der Waals surface area contributed by atoms with Gasteiger partial charge >= 0.3 is 0 Å². The van der Waals surface area contributed by atoms with Gasteiger partial charge < -0.3 is 11.1 Å². The maximum atomic E-state index is 11.8. The Labute approximate surface area is 99.2 Å². The molecule has 1 fully saturated rings. The fourth-order valence-electron chi connectivity index (χ4n) is 2.53. The Morgan fingerprint density at radius 2 is 2.12 bits per heavy atom. The highest BCUT2D eigenvalue weighted by Crippen LogP contribution is 2.28. The summed E-state index contributed by atoms with van der Waals surface area (Å²) in [6, 6.07) is 0. The van der Waals surface area contributed by atoms with Crippen LogP contribution in [0.4, 0.5) is 0 Å². The second-order valence-electron chi connectivity index (χ2n) is 5.11. The monoisotopic (exact) mass is 226 g/mol. The SMILES string of the molecule is CCC(CN)C(=O)NCC1CCCCC1C. The molecule has 0 heterocycles. The smallest absolute Gasteiger partial charge is 0.224 e. The van der Waals surface area contributed by atoms with Crippen LogP contribution in [0.25, 0.3) is 0 Å². The second-order valence-corrected chi connectivity index (χ2v) is 5.11. The van der Waals surface area contributed by atoms with E-state index < -0.39 is 0 Å². The van der Waals surface area contributed by atoms with Crippen LogP contribution < -0.4 is 11.1 Å². The molecule has 1 aliphatic rings. The second kappa shape index (κ2) is 6.89. The Morgan fingerprint density at radius 3 is 2.69 bits per heavy atom. The van der Waals surface area contributed by atoms with Gasteiger partial charge in [0.15, 0.2) is 0 Å². The molecule has 3 N–H and O–H groups in total. The van der Waals surface area contributed by atoms with Crippen molar-refractivity contribution in [3.8, 4) is 0 Å². The first-order chi connectivity index (χ1) is 7.69. The van der Waals surface area contributed by atoms with E-state index in [1.165, 1.54) is 25.7 Å². The Hall–Kier alpha value is -0.570. The number of nitrogens with two attached hydrogens (primary N) is 1. The number of carbonyl (C=O) groups is 1. The predicted molar refractivity (Wildman–Crippen MR) is 67.0 cm³/mol. The predicted octanol–water partition coefficient (Wildman–Crippen LogP) is 1.91. The van der Waals surface area contributed by atoms with Crippen molar-refractivity contribution in [2.45, 2.75) is 46.0 Å². The van der Waals surface area contributed by atoms with Gasteiger partial charge in [-0.05, 0) is 24.7 Å². The van der Waals surface area contributed by atoms with Gasteiger partial charge in [0.25, 0.3) is 0 Å². The number of rotatable bonds is 5. The van der Waals surface area contributed by atoms with Gasteiger partial charge in [-0.25, -0.2) is 0 Å². The van der Waals surface area contributed by atoms with E-state index in [0.29, 0.717) is 12.5 Å². The molecule has 3 nitrogen and oxygen atoms in total. The van der Waals surface area contributed by atoms with Crippen molar-refractivity contribution in [1.82, 2.24) is 5.32 Å². The normalized spacial score (nSPS) is 27.4. The average Bonchev–Trinajstić information content (AvgIpc) is 2.29. The van der Waals surface area contributed by atoms with Gasteiger partial charge in [-0.3, -0.25) is 4.79 Å². The molecule has 0 aromatic heterocycles. The van der Waals surface area contributed by atoms with E-state index in [1.54, 1.807) is 0 Å². The Morgan fingerprint density at radius 1 is 1.44 bits per heavy atom. The molecule has 16 heavy (non-hydrogen) atoms. The summed E-state index contributed by atoms with van der Waals surface area (Å²) in [4.78, 5) is 11.8. The summed E-state index contributed by atoms with van der Waals surface area (Å²) >= 11 is 0. The molecule has 1 saturated carbocycles. The van der Waals surface area contributed by atoms with Crippen LogP contribution in [0.1, 0.15) is 46.0 Å². The third-order valence-corrected chi connectivity index (χ3v) is 3.98. The van der Waals surface area contributed by atoms with E-state index in [0.717, 1.165) is 18.9 Å². The van der Waals surface area contributed by atoms with Crippen LogP contribution in [0.2, 0.25) is 0 Å². The molecule has 1 aliphatic carbocycles. The van der Waals surface area contributed by atoms with Gasteiger partial charge in [-0.2, -0.15) is 0 Å². The fourth-order valence-corrected chi connectivity index (χ4v) is 2.53. The summed E-state index contributed by atoms with van der Waals surface area (Å²) in [7, 11) is 0. The molecular weight excluding hydrogens is 200 g/mol. The lowest BCUT2D eigenvalue weighted by Crippen LogP contribution is -2.39. The molecule has 3 unspecified atom stereocenters. The Bertz CT molecular complexity index is 214. The minimum atomic E-state index is -0.00102. The summed E-state index contributed by atoms with van der Waals surface area (Å²) in [5.41, 5.74) is 5.56. The number of carbonyl (C=O) groups excluding carboxylic acids is 1. The molecule has 1 amide bonds. The summed E-state index contributed by atoms with van der Waals surface area (Å²) in [5.74, 6) is 1.57. The van der Waals surface area contributed by atoms with E-state index in [1.807, 2.05) is 6.92 Å². The van der Waals surface area contributed by atoms with Crippen molar-refractivity contribution < 1.29 is 4.79 Å². The third kappa shape index (κ3) is 3.78. The minimum absolute atomic E-state index is 0.00102. The zero-order valence-corrected chi connectivity index (χ0v) is 10.7. The maximum Gasteiger partial charge on any atom is 0.224 e. The summed E-state index contributed by atoms with van der Waals surface area (Å²) < 4.78 is 0. The molecular formula is C13H26N2O. The van der Waals surface area contributed by atoms with Crippen LogP contribution in [0, 0.1) is 17.8 Å². The van der Waals surface area contributed by atoms with E-state index >= 15 is 0 Å². The topological polar surface area (TPSA) is 55.1 Å². The molecule has 0 radical (unpaired) electrons. The van der Waals surface area contributed by atoms with Gasteiger partial charge in [0.1, 0.15) is 0 Å². The van der Waals surface area contributed by atoms with Crippen molar-refractivity contribution in [3.63, 3.8) is 0 Å². The van der Waals surface area contributed by atoms with E-state index in [4.69, 9.17) is 5.73 Å². The first kappa shape index (κ1) is 13.5. The minimum Gasteiger partial charge on any atom is -0.356 e. The summed E-state index contributed by atoms with van der Waals surface area (Å²) in [6.07, 6.45) is 6.09. The molecule has 3 atom stereocenters. The van der Waals surface area contributed by atoms with E-state index in [-0.39, 0.29) is 11.8 Å². The molecule has 0 aliphatic heterocycles. The summed E-state index contributed by atoms with van der Waals surface area (Å²) in [5, 5.41) is 3.07. The van der Waals surface area contributed by atoms with Crippen molar-refractivity contribution in [2.24, 2.45) is 23.5 Å². The molecule has 0 spiro atoms. The van der Waals surface area contributed by atoms with Gasteiger partial charge in [-0.15, -0.1) is 0 Å². The molecule has 0 aromatic rings. The van der Waals surface area contributed by atoms with Gasteiger partial charge in [0.2, 0.25) is 5.91 Å². The maximum absolute atomic E-state index is 11.8. The van der Waals surface area contributed by atoms with Crippen molar-refractivity contribution in [1.29, 1.82) is 0 Å². The molecule has 0 saturated heterocycles. The number of hydrogen-bond donors (Lipinski definition) is 2. The molecule has 94 valence electrons. The first-order valence-electron chi connectivity index (χ1n) is 6.66. The molecule has 0 bridgehead atoms. The Kier molecular flexibility index (Phi) is 5.81. The Balaban J connectivity index is 2.29. The lowest BCUT2D eigenvalue weighted by Gasteiger charge is -2.29. The quantitative estimate of drug-likeness (QED) is 0.752. The van der Waals surface area contributed by atoms with E-state index in [2.05, 4.69) is 12.2 Å². The summed E-state index contributed by atoms with van der Waals surface area (Å²) in [6.45, 7) is 5.62. The van der Waals surface area contributed by atoms with Crippen molar-refractivity contribution in [2.75, 3.05) is 13.1 Å². The largest absolute Gasteiger partial charge is 0.356 e. The molecule has 1 rings (SSSR count). The van der Waals surface area contributed by atoms with Crippen LogP contribution in [-0.4, -0.2) is 19.0 Å².